The first-order chi connectivity index (χ1) is 5.72. The summed E-state index contributed by atoms with van der Waals surface area (Å²) in [5, 5.41) is 0. The average molecular weight is 183 g/mol. The van der Waals surface area contributed by atoms with Crippen molar-refractivity contribution in [2.45, 2.75) is 26.7 Å². The molecular formula is C10H17NS. The van der Waals surface area contributed by atoms with Crippen molar-refractivity contribution in [3.8, 4) is 0 Å². The van der Waals surface area contributed by atoms with Gasteiger partial charge < -0.3 is 0 Å². The van der Waals surface area contributed by atoms with Gasteiger partial charge >= 0.3 is 0 Å². The van der Waals surface area contributed by atoms with Crippen LogP contribution in [0.4, 0.5) is 0 Å². The van der Waals surface area contributed by atoms with Gasteiger partial charge in [0, 0.05) is 6.20 Å². The van der Waals surface area contributed by atoms with Crippen LogP contribution in [0.2, 0.25) is 0 Å². The van der Waals surface area contributed by atoms with Gasteiger partial charge in [-0.25, -0.2) is 0 Å². The molecule has 0 N–H and O–H groups in total. The molecule has 0 aliphatic rings. The van der Waals surface area contributed by atoms with Crippen molar-refractivity contribution in [2.24, 2.45) is 10.9 Å². The Balaban J connectivity index is 3.70. The van der Waals surface area contributed by atoms with Crippen molar-refractivity contribution < 1.29 is 0 Å². The van der Waals surface area contributed by atoms with Gasteiger partial charge in [-0.15, -0.1) is 0 Å². The fourth-order valence-electron chi connectivity index (χ4n) is 0.851. The van der Waals surface area contributed by atoms with Crippen LogP contribution in [0.25, 0.3) is 0 Å². The molecule has 0 radical (unpaired) electrons. The summed E-state index contributed by atoms with van der Waals surface area (Å²) in [5.74, 6) is 0.580. The smallest absolute Gasteiger partial charge is 0.0640 e. The van der Waals surface area contributed by atoms with Crippen LogP contribution in [-0.2, 0) is 0 Å². The Bertz CT molecular complexity index is 173. The molecule has 0 amide bonds. The van der Waals surface area contributed by atoms with Crippen LogP contribution in [0.3, 0.4) is 0 Å². The molecule has 1 nitrogen and oxygen atoms in total. The van der Waals surface area contributed by atoms with E-state index in [0.29, 0.717) is 5.92 Å². The minimum atomic E-state index is 0.580. The lowest BCUT2D eigenvalue weighted by molar-refractivity contribution is 0.628. The Morgan fingerprint density at radius 2 is 2.33 bits per heavy atom. The molecule has 0 spiro atoms. The molecule has 1 atom stereocenters. The Morgan fingerprint density at radius 1 is 1.67 bits per heavy atom. The van der Waals surface area contributed by atoms with Crippen LogP contribution < -0.4 is 0 Å². The van der Waals surface area contributed by atoms with Crippen molar-refractivity contribution in [3.05, 3.63) is 24.3 Å². The van der Waals surface area contributed by atoms with Crippen molar-refractivity contribution in [1.82, 2.24) is 0 Å². The maximum absolute atomic E-state index is 3.98. The summed E-state index contributed by atoms with van der Waals surface area (Å²) in [7, 11) is 0. The lowest BCUT2D eigenvalue weighted by atomic mass is 10.1. The predicted molar refractivity (Wildman–Crippen MR) is 59.5 cm³/mol. The summed E-state index contributed by atoms with van der Waals surface area (Å²) >= 11 is 1.59. The van der Waals surface area contributed by atoms with Crippen molar-refractivity contribution >= 4 is 17.3 Å². The lowest BCUT2D eigenvalue weighted by Gasteiger charge is -2.09. The molecule has 0 fully saturated rings. The van der Waals surface area contributed by atoms with Gasteiger partial charge in [-0.2, -0.15) is 0 Å². The molecule has 0 aromatic carbocycles. The summed E-state index contributed by atoms with van der Waals surface area (Å²) in [5.41, 5.74) is 1.78. The van der Waals surface area contributed by atoms with E-state index in [0.717, 1.165) is 0 Å². The molecule has 0 saturated heterocycles. The van der Waals surface area contributed by atoms with Gasteiger partial charge in [0.05, 0.1) is 5.55 Å². The van der Waals surface area contributed by atoms with Crippen LogP contribution in [0.5, 0.6) is 0 Å². The second-order valence-electron chi connectivity index (χ2n) is 2.71. The minimum Gasteiger partial charge on any atom is -0.258 e. The van der Waals surface area contributed by atoms with Crippen LogP contribution in [0.1, 0.15) is 26.7 Å². The lowest BCUT2D eigenvalue weighted by Crippen LogP contribution is -1.93. The summed E-state index contributed by atoms with van der Waals surface area (Å²) < 4.78 is 0. The molecule has 68 valence electrons. The molecule has 0 heterocycles. The zero-order chi connectivity index (χ0) is 9.40. The maximum Gasteiger partial charge on any atom is 0.0640 e. The zero-order valence-corrected chi connectivity index (χ0v) is 8.73. The fraction of sp³-hybridized carbons (Fsp3) is 0.500. The number of aliphatic imine (C=N–C) groups is 1. The third kappa shape index (κ3) is 5.19. The highest BCUT2D eigenvalue weighted by atomic mass is 32.2. The van der Waals surface area contributed by atoms with Gasteiger partial charge in [0.1, 0.15) is 0 Å². The molecule has 0 rings (SSSR count). The fourth-order valence-corrected chi connectivity index (χ4v) is 1.48. The highest BCUT2D eigenvalue weighted by molar-refractivity contribution is 8.15. The molecule has 0 aromatic heterocycles. The molecule has 0 bridgehead atoms. The summed E-state index contributed by atoms with van der Waals surface area (Å²) in [6, 6.07) is 0. The van der Waals surface area contributed by atoms with Gasteiger partial charge in [0.25, 0.3) is 0 Å². The van der Waals surface area contributed by atoms with E-state index < -0.39 is 0 Å². The number of thioether (sulfide) groups is 1. The highest BCUT2D eigenvalue weighted by Crippen LogP contribution is 2.23. The van der Waals surface area contributed by atoms with Crippen LogP contribution in [-0.4, -0.2) is 5.55 Å². The third-order valence-electron chi connectivity index (χ3n) is 1.64. The van der Waals surface area contributed by atoms with E-state index in [1.165, 1.54) is 23.9 Å². The molecule has 0 aromatic rings. The van der Waals surface area contributed by atoms with E-state index in [-0.39, 0.29) is 0 Å². The summed E-state index contributed by atoms with van der Waals surface area (Å²) in [6.07, 6.45) is 3.94. The minimum absolute atomic E-state index is 0.580. The van der Waals surface area contributed by atoms with Crippen molar-refractivity contribution in [2.75, 3.05) is 0 Å². The van der Waals surface area contributed by atoms with E-state index in [2.05, 4.69) is 32.0 Å². The number of hydrogen-bond acceptors (Lipinski definition) is 2. The second-order valence-corrected chi connectivity index (χ2v) is 3.68. The standard InChI is InChI=1S/C10H17NS/c1-5-7-9(3)10(4)12-8-11-6-2/h6,8-9H,2,4-5,7H2,1,3H3. The van der Waals surface area contributed by atoms with Gasteiger partial charge in [-0.3, -0.25) is 4.99 Å². The topological polar surface area (TPSA) is 12.4 Å². The average Bonchev–Trinajstić information content (AvgIpc) is 2.05. The monoisotopic (exact) mass is 183 g/mol. The Hall–Kier alpha value is -0.500. The van der Waals surface area contributed by atoms with E-state index in [1.54, 1.807) is 17.3 Å². The van der Waals surface area contributed by atoms with E-state index in [9.17, 15) is 0 Å². The van der Waals surface area contributed by atoms with Crippen molar-refractivity contribution in [3.63, 3.8) is 0 Å². The van der Waals surface area contributed by atoms with E-state index >= 15 is 0 Å². The van der Waals surface area contributed by atoms with Crippen LogP contribution in [0.15, 0.2) is 29.3 Å². The number of rotatable bonds is 6. The third-order valence-corrected chi connectivity index (χ3v) is 2.57. The van der Waals surface area contributed by atoms with E-state index in [1.807, 2.05) is 0 Å². The molecular weight excluding hydrogens is 166 g/mol. The molecule has 1 unspecified atom stereocenters. The predicted octanol–water partition coefficient (Wildman–Crippen LogP) is 3.84. The largest absolute Gasteiger partial charge is 0.258 e. The Labute approximate surface area is 79.7 Å². The Morgan fingerprint density at radius 3 is 2.83 bits per heavy atom. The molecule has 2 heteroatoms. The zero-order valence-electron chi connectivity index (χ0n) is 7.92. The number of hydrogen-bond donors (Lipinski definition) is 0. The van der Waals surface area contributed by atoms with Gasteiger partial charge in [-0.05, 0) is 17.2 Å². The van der Waals surface area contributed by atoms with Crippen LogP contribution >= 0.6 is 11.8 Å². The second kappa shape index (κ2) is 7.17. The summed E-state index contributed by atoms with van der Waals surface area (Å²) in [6.45, 7) is 11.9. The normalized spacial score (nSPS) is 13.2. The first-order valence-electron chi connectivity index (χ1n) is 4.20. The van der Waals surface area contributed by atoms with Gasteiger partial charge in [0.2, 0.25) is 0 Å². The van der Waals surface area contributed by atoms with Gasteiger partial charge in [-0.1, -0.05) is 45.2 Å². The first-order valence-corrected chi connectivity index (χ1v) is 5.08. The summed E-state index contributed by atoms with van der Waals surface area (Å²) in [4.78, 5) is 5.08. The van der Waals surface area contributed by atoms with Crippen LogP contribution in [0, 0.1) is 5.92 Å². The maximum atomic E-state index is 3.98. The quantitative estimate of drug-likeness (QED) is 0.450. The first kappa shape index (κ1) is 11.5. The SMILES string of the molecule is C=CN=CSC(=C)C(C)CCC. The van der Waals surface area contributed by atoms with Gasteiger partial charge in [0.15, 0.2) is 0 Å². The Kier molecular flexibility index (Phi) is 6.87. The molecule has 0 saturated carbocycles. The number of allylic oxidation sites excluding steroid dienone is 1. The molecule has 12 heavy (non-hydrogen) atoms. The van der Waals surface area contributed by atoms with Crippen molar-refractivity contribution in [1.29, 1.82) is 0 Å². The molecule has 0 aliphatic carbocycles. The molecule has 0 aliphatic heterocycles. The number of nitrogens with zero attached hydrogens (tertiary/aromatic N) is 1. The highest BCUT2D eigenvalue weighted by Gasteiger charge is 2.03. The van der Waals surface area contributed by atoms with E-state index in [4.69, 9.17) is 0 Å².